The Morgan fingerprint density at radius 1 is 1.31 bits per heavy atom. The second kappa shape index (κ2) is 4.82. The van der Waals surface area contributed by atoms with Gasteiger partial charge in [0.15, 0.2) is 5.82 Å². The number of nitrogens with two attached hydrogens (primary N) is 1. The first-order valence-electron chi connectivity index (χ1n) is 5.50. The highest BCUT2D eigenvalue weighted by molar-refractivity contribution is 5.13. The molecule has 0 aliphatic heterocycles. The van der Waals surface area contributed by atoms with Crippen LogP contribution >= 0.6 is 0 Å². The minimum absolute atomic E-state index is 0.208. The SMILES string of the molecule is NC[C@H](CC1CC1)c1cnc(C(F)F)nc1. The first-order chi connectivity index (χ1) is 7.70. The average Bonchev–Trinajstić information content (AvgIpc) is 3.10. The molecular weight excluding hydrogens is 212 g/mol. The van der Waals surface area contributed by atoms with E-state index in [1.165, 1.54) is 25.2 Å². The molecule has 1 aromatic rings. The van der Waals surface area contributed by atoms with Gasteiger partial charge in [-0.1, -0.05) is 12.8 Å². The third kappa shape index (κ3) is 2.72. The fourth-order valence-corrected chi connectivity index (χ4v) is 1.80. The van der Waals surface area contributed by atoms with E-state index < -0.39 is 12.2 Å². The summed E-state index contributed by atoms with van der Waals surface area (Å²) in [7, 11) is 0. The summed E-state index contributed by atoms with van der Waals surface area (Å²) in [5.74, 6) is 0.550. The van der Waals surface area contributed by atoms with Gasteiger partial charge < -0.3 is 5.73 Å². The zero-order chi connectivity index (χ0) is 11.5. The zero-order valence-corrected chi connectivity index (χ0v) is 8.94. The van der Waals surface area contributed by atoms with Gasteiger partial charge >= 0.3 is 0 Å². The van der Waals surface area contributed by atoms with E-state index in [2.05, 4.69) is 9.97 Å². The topological polar surface area (TPSA) is 51.8 Å². The maximum Gasteiger partial charge on any atom is 0.297 e. The predicted molar refractivity (Wildman–Crippen MR) is 56.1 cm³/mol. The van der Waals surface area contributed by atoms with Gasteiger partial charge in [0.25, 0.3) is 6.43 Å². The van der Waals surface area contributed by atoms with Gasteiger partial charge in [-0.25, -0.2) is 18.7 Å². The molecule has 0 radical (unpaired) electrons. The average molecular weight is 227 g/mol. The summed E-state index contributed by atoms with van der Waals surface area (Å²) >= 11 is 0. The van der Waals surface area contributed by atoms with E-state index in [0.29, 0.717) is 6.54 Å². The lowest BCUT2D eigenvalue weighted by Gasteiger charge is -2.13. The molecule has 88 valence electrons. The van der Waals surface area contributed by atoms with Crippen molar-refractivity contribution in [2.45, 2.75) is 31.6 Å². The maximum atomic E-state index is 12.3. The van der Waals surface area contributed by atoms with Crippen molar-refractivity contribution >= 4 is 0 Å². The number of alkyl halides is 2. The van der Waals surface area contributed by atoms with Crippen molar-refractivity contribution in [3.8, 4) is 0 Å². The summed E-state index contributed by atoms with van der Waals surface area (Å²) in [6.45, 7) is 0.522. The van der Waals surface area contributed by atoms with E-state index in [1.807, 2.05) is 0 Å². The van der Waals surface area contributed by atoms with E-state index in [4.69, 9.17) is 5.73 Å². The molecule has 1 aromatic heterocycles. The minimum Gasteiger partial charge on any atom is -0.330 e. The van der Waals surface area contributed by atoms with Crippen LogP contribution in [-0.4, -0.2) is 16.5 Å². The lowest BCUT2D eigenvalue weighted by atomic mass is 9.96. The van der Waals surface area contributed by atoms with Crippen LogP contribution in [0.25, 0.3) is 0 Å². The molecule has 1 heterocycles. The van der Waals surface area contributed by atoms with E-state index in [9.17, 15) is 8.78 Å². The molecule has 2 N–H and O–H groups in total. The molecule has 16 heavy (non-hydrogen) atoms. The molecule has 3 nitrogen and oxygen atoms in total. The van der Waals surface area contributed by atoms with Crippen molar-refractivity contribution < 1.29 is 8.78 Å². The van der Waals surface area contributed by atoms with Crippen LogP contribution in [0.4, 0.5) is 8.78 Å². The van der Waals surface area contributed by atoms with Gasteiger partial charge in [0.1, 0.15) is 0 Å². The quantitative estimate of drug-likeness (QED) is 0.839. The Labute approximate surface area is 93.1 Å². The third-order valence-electron chi connectivity index (χ3n) is 2.96. The molecule has 2 rings (SSSR count). The summed E-state index contributed by atoms with van der Waals surface area (Å²) in [4.78, 5) is 7.32. The molecule has 0 bridgehead atoms. The monoisotopic (exact) mass is 227 g/mol. The highest BCUT2D eigenvalue weighted by Gasteiger charge is 2.26. The van der Waals surface area contributed by atoms with Crippen molar-refractivity contribution in [1.29, 1.82) is 0 Å². The second-order valence-corrected chi connectivity index (χ2v) is 4.29. The smallest absolute Gasteiger partial charge is 0.297 e. The van der Waals surface area contributed by atoms with E-state index in [1.54, 1.807) is 0 Å². The van der Waals surface area contributed by atoms with Gasteiger partial charge in [-0.15, -0.1) is 0 Å². The first kappa shape index (κ1) is 11.4. The molecule has 5 heteroatoms. The zero-order valence-electron chi connectivity index (χ0n) is 8.94. The van der Waals surface area contributed by atoms with Gasteiger partial charge in [-0.2, -0.15) is 0 Å². The first-order valence-corrected chi connectivity index (χ1v) is 5.50. The third-order valence-corrected chi connectivity index (χ3v) is 2.96. The van der Waals surface area contributed by atoms with Crippen LogP contribution in [-0.2, 0) is 0 Å². The minimum atomic E-state index is -2.60. The summed E-state index contributed by atoms with van der Waals surface area (Å²) < 4.78 is 24.5. The summed E-state index contributed by atoms with van der Waals surface area (Å²) in [5, 5.41) is 0. The van der Waals surface area contributed by atoms with Gasteiger partial charge in [-0.05, 0) is 30.4 Å². The van der Waals surface area contributed by atoms with Crippen LogP contribution in [0.3, 0.4) is 0 Å². The van der Waals surface area contributed by atoms with E-state index >= 15 is 0 Å². The highest BCUT2D eigenvalue weighted by atomic mass is 19.3. The lowest BCUT2D eigenvalue weighted by Crippen LogP contribution is -2.14. The summed E-state index contributed by atoms with van der Waals surface area (Å²) in [6, 6.07) is 0. The van der Waals surface area contributed by atoms with Gasteiger partial charge in [-0.3, -0.25) is 0 Å². The fourth-order valence-electron chi connectivity index (χ4n) is 1.80. The molecule has 0 spiro atoms. The van der Waals surface area contributed by atoms with Gasteiger partial charge in [0, 0.05) is 12.4 Å². The van der Waals surface area contributed by atoms with E-state index in [-0.39, 0.29) is 5.92 Å². The highest BCUT2D eigenvalue weighted by Crippen LogP contribution is 2.38. The van der Waals surface area contributed by atoms with Crippen LogP contribution in [0, 0.1) is 5.92 Å². The Kier molecular flexibility index (Phi) is 3.43. The van der Waals surface area contributed by atoms with Crippen molar-refractivity contribution in [3.63, 3.8) is 0 Å². The Morgan fingerprint density at radius 2 is 1.94 bits per heavy atom. The number of aromatic nitrogens is 2. The van der Waals surface area contributed by atoms with Crippen LogP contribution in [0.1, 0.15) is 43.0 Å². The molecule has 0 unspecified atom stereocenters. The summed E-state index contributed by atoms with van der Waals surface area (Å²) in [5.41, 5.74) is 6.55. The largest absolute Gasteiger partial charge is 0.330 e. The number of rotatable bonds is 5. The number of nitrogens with zero attached hydrogens (tertiary/aromatic N) is 2. The predicted octanol–water partition coefficient (Wildman–Crippen LogP) is 2.26. The van der Waals surface area contributed by atoms with E-state index in [0.717, 1.165) is 17.9 Å². The molecule has 1 fully saturated rings. The van der Waals surface area contributed by atoms with Crippen molar-refractivity contribution in [1.82, 2.24) is 9.97 Å². The van der Waals surface area contributed by atoms with Gasteiger partial charge in [0.05, 0.1) is 0 Å². The molecule has 1 aliphatic rings. The lowest BCUT2D eigenvalue weighted by molar-refractivity contribution is 0.140. The van der Waals surface area contributed by atoms with Crippen molar-refractivity contribution in [3.05, 3.63) is 23.8 Å². The van der Waals surface area contributed by atoms with Crippen LogP contribution < -0.4 is 5.73 Å². The Morgan fingerprint density at radius 3 is 2.38 bits per heavy atom. The Balaban J connectivity index is 2.05. The number of halogens is 2. The molecular formula is C11H15F2N3. The van der Waals surface area contributed by atoms with Gasteiger partial charge in [0.2, 0.25) is 0 Å². The van der Waals surface area contributed by atoms with Crippen molar-refractivity contribution in [2.75, 3.05) is 6.54 Å². The maximum absolute atomic E-state index is 12.3. The molecule has 0 amide bonds. The molecule has 0 aromatic carbocycles. The summed E-state index contributed by atoms with van der Waals surface area (Å²) in [6.07, 6.45) is 3.89. The Bertz CT molecular complexity index is 336. The second-order valence-electron chi connectivity index (χ2n) is 4.29. The number of hydrogen-bond acceptors (Lipinski definition) is 3. The van der Waals surface area contributed by atoms with Crippen LogP contribution in [0.5, 0.6) is 0 Å². The van der Waals surface area contributed by atoms with Crippen molar-refractivity contribution in [2.24, 2.45) is 11.7 Å². The molecule has 1 atom stereocenters. The normalized spacial score (nSPS) is 17.8. The molecule has 1 saturated carbocycles. The number of hydrogen-bond donors (Lipinski definition) is 1. The fraction of sp³-hybridized carbons (Fsp3) is 0.636. The molecule has 0 saturated heterocycles. The standard InChI is InChI=1S/C11H15F2N3/c12-10(13)11-15-5-9(6-16-11)8(4-14)3-7-1-2-7/h5-8,10H,1-4,14H2/t8-/m0/s1. The van der Waals surface area contributed by atoms with Crippen LogP contribution in [0.15, 0.2) is 12.4 Å². The molecule has 1 aliphatic carbocycles. The Hall–Kier alpha value is -1.10. The van der Waals surface area contributed by atoms with Crippen LogP contribution in [0.2, 0.25) is 0 Å².